The smallest absolute Gasteiger partial charge is 0.238 e. The van der Waals surface area contributed by atoms with Gasteiger partial charge in [-0.2, -0.15) is 0 Å². The van der Waals surface area contributed by atoms with Gasteiger partial charge in [0, 0.05) is 12.2 Å². The molecular formula is C19H24N2O. The second-order valence-electron chi connectivity index (χ2n) is 5.76. The molecule has 2 rings (SSSR count). The van der Waals surface area contributed by atoms with Gasteiger partial charge in [0.2, 0.25) is 5.91 Å². The highest BCUT2D eigenvalue weighted by atomic mass is 16.1. The molecule has 1 amide bonds. The average molecular weight is 296 g/mol. The number of benzene rings is 2. The Bertz CT molecular complexity index is 602. The zero-order chi connectivity index (χ0) is 15.9. The van der Waals surface area contributed by atoms with Gasteiger partial charge in [-0.05, 0) is 36.5 Å². The van der Waals surface area contributed by atoms with Gasteiger partial charge in [-0.1, -0.05) is 55.5 Å². The summed E-state index contributed by atoms with van der Waals surface area (Å²) >= 11 is 0. The van der Waals surface area contributed by atoms with E-state index in [2.05, 4.69) is 29.7 Å². The lowest BCUT2D eigenvalue weighted by Crippen LogP contribution is -2.31. The fourth-order valence-corrected chi connectivity index (χ4v) is 2.50. The molecule has 2 aromatic carbocycles. The van der Waals surface area contributed by atoms with Gasteiger partial charge >= 0.3 is 0 Å². The van der Waals surface area contributed by atoms with Gasteiger partial charge in [0.15, 0.2) is 0 Å². The molecule has 0 aliphatic rings. The molecule has 1 unspecified atom stereocenters. The van der Waals surface area contributed by atoms with Crippen molar-refractivity contribution >= 4 is 11.6 Å². The highest BCUT2D eigenvalue weighted by molar-refractivity contribution is 5.93. The number of nitrogens with one attached hydrogen (secondary N) is 2. The first-order valence-electron chi connectivity index (χ1n) is 7.69. The van der Waals surface area contributed by atoms with Crippen LogP contribution in [0.25, 0.3) is 0 Å². The lowest BCUT2D eigenvalue weighted by Gasteiger charge is -2.14. The summed E-state index contributed by atoms with van der Waals surface area (Å²) in [4.78, 5) is 12.1. The molecular weight excluding hydrogens is 272 g/mol. The topological polar surface area (TPSA) is 41.1 Å². The van der Waals surface area contributed by atoms with Crippen LogP contribution in [0.15, 0.2) is 48.5 Å². The van der Waals surface area contributed by atoms with Gasteiger partial charge < -0.3 is 10.6 Å². The molecule has 2 aromatic rings. The third-order valence-corrected chi connectivity index (χ3v) is 3.85. The maximum atomic E-state index is 12.1. The standard InChI is InChI=1S/C19H24N2O/c1-14-8-7-9-15(2)19(14)21-18(22)13-20-12-16(3)17-10-5-4-6-11-17/h4-11,16,20H,12-13H2,1-3H3,(H,21,22). The molecule has 2 N–H and O–H groups in total. The summed E-state index contributed by atoms with van der Waals surface area (Å²) in [6.07, 6.45) is 0. The maximum absolute atomic E-state index is 12.1. The quantitative estimate of drug-likeness (QED) is 0.854. The van der Waals surface area contributed by atoms with Crippen molar-refractivity contribution in [1.82, 2.24) is 5.32 Å². The first kappa shape index (κ1) is 16.2. The number of aryl methyl sites for hydroxylation is 2. The van der Waals surface area contributed by atoms with Gasteiger partial charge in [-0.25, -0.2) is 0 Å². The van der Waals surface area contributed by atoms with Crippen molar-refractivity contribution in [1.29, 1.82) is 0 Å². The second kappa shape index (κ2) is 7.76. The summed E-state index contributed by atoms with van der Waals surface area (Å²) in [7, 11) is 0. The number of carbonyl (C=O) groups is 1. The van der Waals surface area contributed by atoms with Gasteiger partial charge in [-0.3, -0.25) is 4.79 Å². The molecule has 116 valence electrons. The van der Waals surface area contributed by atoms with E-state index in [-0.39, 0.29) is 5.91 Å². The summed E-state index contributed by atoms with van der Waals surface area (Å²) < 4.78 is 0. The first-order chi connectivity index (χ1) is 10.6. The second-order valence-corrected chi connectivity index (χ2v) is 5.76. The third-order valence-electron chi connectivity index (χ3n) is 3.85. The van der Waals surface area contributed by atoms with Crippen LogP contribution >= 0.6 is 0 Å². The lowest BCUT2D eigenvalue weighted by atomic mass is 10.0. The SMILES string of the molecule is Cc1cccc(C)c1NC(=O)CNCC(C)c1ccccc1. The average Bonchev–Trinajstić information content (AvgIpc) is 2.52. The van der Waals surface area contributed by atoms with Gasteiger partial charge in [0.05, 0.1) is 6.54 Å². The molecule has 3 heteroatoms. The molecule has 0 aliphatic heterocycles. The van der Waals surface area contributed by atoms with E-state index < -0.39 is 0 Å². The van der Waals surface area contributed by atoms with Crippen molar-refractivity contribution in [2.24, 2.45) is 0 Å². The Kier molecular flexibility index (Phi) is 5.73. The van der Waals surface area contributed by atoms with Crippen molar-refractivity contribution in [3.05, 3.63) is 65.2 Å². The fourth-order valence-electron chi connectivity index (χ4n) is 2.50. The van der Waals surface area contributed by atoms with Crippen molar-refractivity contribution in [3.8, 4) is 0 Å². The first-order valence-corrected chi connectivity index (χ1v) is 7.69. The fraction of sp³-hybridized carbons (Fsp3) is 0.316. The Hall–Kier alpha value is -2.13. The number of carbonyl (C=O) groups excluding carboxylic acids is 1. The number of anilines is 1. The van der Waals surface area contributed by atoms with Crippen molar-refractivity contribution in [2.75, 3.05) is 18.4 Å². The Morgan fingerprint density at radius 3 is 2.27 bits per heavy atom. The van der Waals surface area contributed by atoms with Crippen LogP contribution in [0.2, 0.25) is 0 Å². The molecule has 0 spiro atoms. The van der Waals surface area contributed by atoms with Crippen LogP contribution in [0, 0.1) is 13.8 Å². The largest absolute Gasteiger partial charge is 0.324 e. The number of hydrogen-bond donors (Lipinski definition) is 2. The maximum Gasteiger partial charge on any atom is 0.238 e. The Morgan fingerprint density at radius 1 is 1.00 bits per heavy atom. The van der Waals surface area contributed by atoms with Gasteiger partial charge in [0.1, 0.15) is 0 Å². The lowest BCUT2D eigenvalue weighted by molar-refractivity contribution is -0.115. The van der Waals surface area contributed by atoms with Crippen molar-refractivity contribution in [2.45, 2.75) is 26.7 Å². The molecule has 3 nitrogen and oxygen atoms in total. The molecule has 0 aromatic heterocycles. The van der Waals surface area contributed by atoms with Crippen LogP contribution in [0.5, 0.6) is 0 Å². The number of amides is 1. The van der Waals surface area contributed by atoms with E-state index in [4.69, 9.17) is 0 Å². The minimum atomic E-state index is -0.00217. The van der Waals surface area contributed by atoms with E-state index in [1.807, 2.05) is 50.2 Å². The third kappa shape index (κ3) is 4.43. The highest BCUT2D eigenvalue weighted by Crippen LogP contribution is 2.19. The van der Waals surface area contributed by atoms with Crippen molar-refractivity contribution in [3.63, 3.8) is 0 Å². The van der Waals surface area contributed by atoms with Crippen LogP contribution in [0.3, 0.4) is 0 Å². The monoisotopic (exact) mass is 296 g/mol. The van der Waals surface area contributed by atoms with Gasteiger partial charge in [-0.15, -0.1) is 0 Å². The Morgan fingerprint density at radius 2 is 1.64 bits per heavy atom. The zero-order valence-electron chi connectivity index (χ0n) is 13.5. The molecule has 0 saturated carbocycles. The van der Waals surface area contributed by atoms with Crippen LogP contribution in [0.4, 0.5) is 5.69 Å². The molecule has 1 atom stereocenters. The van der Waals surface area contributed by atoms with E-state index >= 15 is 0 Å². The Balaban J connectivity index is 1.81. The predicted molar refractivity (Wildman–Crippen MR) is 92.3 cm³/mol. The van der Waals surface area contributed by atoms with Crippen LogP contribution in [-0.2, 0) is 4.79 Å². The minimum absolute atomic E-state index is 0.00217. The van der Waals surface area contributed by atoms with E-state index in [1.54, 1.807) is 0 Å². The number of hydrogen-bond acceptors (Lipinski definition) is 2. The highest BCUT2D eigenvalue weighted by Gasteiger charge is 2.08. The summed E-state index contributed by atoms with van der Waals surface area (Å²) in [5.41, 5.74) is 4.38. The van der Waals surface area contributed by atoms with E-state index in [0.29, 0.717) is 12.5 Å². The normalized spacial score (nSPS) is 12.0. The molecule has 0 radical (unpaired) electrons. The van der Waals surface area contributed by atoms with Crippen molar-refractivity contribution < 1.29 is 4.79 Å². The zero-order valence-corrected chi connectivity index (χ0v) is 13.5. The van der Waals surface area contributed by atoms with E-state index in [1.165, 1.54) is 5.56 Å². The van der Waals surface area contributed by atoms with E-state index in [0.717, 1.165) is 23.4 Å². The van der Waals surface area contributed by atoms with Crippen LogP contribution in [0.1, 0.15) is 29.5 Å². The molecule has 0 saturated heterocycles. The summed E-state index contributed by atoms with van der Waals surface area (Å²) in [6.45, 7) is 7.28. The van der Waals surface area contributed by atoms with Crippen LogP contribution in [-0.4, -0.2) is 19.0 Å². The predicted octanol–water partition coefficient (Wildman–Crippen LogP) is 3.64. The summed E-state index contributed by atoms with van der Waals surface area (Å²) in [5.74, 6) is 0.381. The molecule has 0 fully saturated rings. The van der Waals surface area contributed by atoms with Gasteiger partial charge in [0.25, 0.3) is 0 Å². The van der Waals surface area contributed by atoms with Crippen LogP contribution < -0.4 is 10.6 Å². The number of para-hydroxylation sites is 1. The number of rotatable bonds is 6. The summed E-state index contributed by atoms with van der Waals surface area (Å²) in [6, 6.07) is 16.3. The Labute approximate surface area is 132 Å². The molecule has 22 heavy (non-hydrogen) atoms. The molecule has 0 aliphatic carbocycles. The summed E-state index contributed by atoms with van der Waals surface area (Å²) in [5, 5.41) is 6.22. The van der Waals surface area contributed by atoms with E-state index in [9.17, 15) is 4.79 Å². The molecule has 0 heterocycles. The minimum Gasteiger partial charge on any atom is -0.324 e. The molecule has 0 bridgehead atoms.